The van der Waals surface area contributed by atoms with Gasteiger partial charge in [0.1, 0.15) is 11.3 Å². The number of halogens is 3. The second-order valence-electron chi connectivity index (χ2n) is 9.63. The van der Waals surface area contributed by atoms with Gasteiger partial charge in [-0.2, -0.15) is 13.2 Å². The monoisotopic (exact) mass is 472 g/mol. The number of hydrogen-bond donors (Lipinski definition) is 2. The van der Waals surface area contributed by atoms with E-state index in [0.717, 1.165) is 42.2 Å². The van der Waals surface area contributed by atoms with Crippen LogP contribution in [0.4, 0.5) is 23.8 Å². The fourth-order valence-electron chi connectivity index (χ4n) is 3.99. The lowest BCUT2D eigenvalue weighted by molar-refractivity contribution is -0.137. The van der Waals surface area contributed by atoms with Gasteiger partial charge >= 0.3 is 12.3 Å². The molecule has 2 aromatic carbocycles. The molecule has 0 atom stereocenters. The number of carbonyl (C=O) groups excluding carboxylic acids is 1. The molecule has 1 heterocycles. The molecule has 0 bridgehead atoms. The van der Waals surface area contributed by atoms with Crippen molar-refractivity contribution in [3.63, 3.8) is 0 Å². The Hall–Kier alpha value is -3.36. The van der Waals surface area contributed by atoms with Crippen LogP contribution in [0, 0.1) is 0 Å². The number of aromatic nitrogens is 2. The standard InChI is InChI=1S/C25H27F3N4O2/c1-23(2,3)34-22(33)30-24(13-6-14-24)15-29-21-19-8-5-4-7-18(19)20(31-32-21)16-9-11-17(12-10-16)25(26,27)28/h4-5,7-12H,6,13-15H2,1-3H3,(H,29,32)(H,30,33). The van der Waals surface area contributed by atoms with Gasteiger partial charge in [-0.15, -0.1) is 10.2 Å². The average molecular weight is 473 g/mol. The molecule has 4 rings (SSSR count). The van der Waals surface area contributed by atoms with Crippen LogP contribution in [-0.2, 0) is 10.9 Å². The summed E-state index contributed by atoms with van der Waals surface area (Å²) in [4.78, 5) is 12.3. The molecule has 180 valence electrons. The van der Waals surface area contributed by atoms with Crippen LogP contribution in [0.25, 0.3) is 22.0 Å². The fourth-order valence-corrected chi connectivity index (χ4v) is 3.99. The smallest absolute Gasteiger partial charge is 0.416 e. The number of fused-ring (bicyclic) bond motifs is 1. The normalized spacial score (nSPS) is 15.5. The van der Waals surface area contributed by atoms with Gasteiger partial charge in [-0.25, -0.2) is 4.79 Å². The molecule has 0 unspecified atom stereocenters. The Morgan fingerprint density at radius 2 is 1.65 bits per heavy atom. The minimum Gasteiger partial charge on any atom is -0.444 e. The van der Waals surface area contributed by atoms with Crippen molar-refractivity contribution in [2.45, 2.75) is 57.3 Å². The summed E-state index contributed by atoms with van der Waals surface area (Å²) < 4.78 is 44.2. The first-order valence-corrected chi connectivity index (χ1v) is 11.1. The van der Waals surface area contributed by atoms with E-state index in [1.807, 2.05) is 45.0 Å². The van der Waals surface area contributed by atoms with Crippen molar-refractivity contribution in [1.82, 2.24) is 15.5 Å². The lowest BCUT2D eigenvalue weighted by Gasteiger charge is -2.42. The zero-order valence-electron chi connectivity index (χ0n) is 19.3. The van der Waals surface area contributed by atoms with Crippen molar-refractivity contribution < 1.29 is 22.7 Å². The van der Waals surface area contributed by atoms with Gasteiger partial charge in [-0.3, -0.25) is 0 Å². The van der Waals surface area contributed by atoms with E-state index >= 15 is 0 Å². The van der Waals surface area contributed by atoms with Crippen LogP contribution in [-0.4, -0.2) is 34.0 Å². The lowest BCUT2D eigenvalue weighted by atomic mass is 9.76. The second kappa shape index (κ2) is 8.77. The summed E-state index contributed by atoms with van der Waals surface area (Å²) in [5, 5.41) is 16.5. The average Bonchev–Trinajstić information content (AvgIpc) is 2.73. The van der Waals surface area contributed by atoms with Crippen LogP contribution in [0.1, 0.15) is 45.6 Å². The van der Waals surface area contributed by atoms with Crippen molar-refractivity contribution in [1.29, 1.82) is 0 Å². The number of nitrogens with zero attached hydrogens (tertiary/aromatic N) is 2. The van der Waals surface area contributed by atoms with E-state index in [1.54, 1.807) is 0 Å². The van der Waals surface area contributed by atoms with Gasteiger partial charge in [0.05, 0.1) is 11.1 Å². The van der Waals surface area contributed by atoms with Gasteiger partial charge in [0.25, 0.3) is 0 Å². The molecule has 1 aromatic heterocycles. The van der Waals surface area contributed by atoms with Crippen LogP contribution < -0.4 is 10.6 Å². The molecule has 1 saturated carbocycles. The molecule has 34 heavy (non-hydrogen) atoms. The first-order valence-electron chi connectivity index (χ1n) is 11.1. The minimum atomic E-state index is -4.40. The van der Waals surface area contributed by atoms with Crippen molar-refractivity contribution in [3.05, 3.63) is 54.1 Å². The Bertz CT molecular complexity index is 1180. The maximum absolute atomic E-state index is 12.9. The third-order valence-electron chi connectivity index (χ3n) is 5.84. The summed E-state index contributed by atoms with van der Waals surface area (Å²) in [5.74, 6) is 0.545. The summed E-state index contributed by atoms with van der Waals surface area (Å²) in [6, 6.07) is 12.3. The summed E-state index contributed by atoms with van der Waals surface area (Å²) in [7, 11) is 0. The van der Waals surface area contributed by atoms with E-state index in [0.29, 0.717) is 23.6 Å². The molecule has 1 aliphatic rings. The molecule has 0 radical (unpaired) electrons. The molecule has 3 aromatic rings. The molecule has 0 spiro atoms. The molecule has 9 heteroatoms. The summed E-state index contributed by atoms with van der Waals surface area (Å²) in [5.41, 5.74) is -0.685. The van der Waals surface area contributed by atoms with Gasteiger partial charge in [-0.1, -0.05) is 36.4 Å². The van der Waals surface area contributed by atoms with Crippen LogP contribution in [0.5, 0.6) is 0 Å². The Kier molecular flexibility index (Phi) is 6.14. The van der Waals surface area contributed by atoms with Crippen LogP contribution in [0.2, 0.25) is 0 Å². The number of anilines is 1. The van der Waals surface area contributed by atoms with Crippen LogP contribution >= 0.6 is 0 Å². The minimum absolute atomic E-state index is 0.433. The Morgan fingerprint density at radius 3 is 2.21 bits per heavy atom. The fraction of sp³-hybridized carbons (Fsp3) is 0.400. The molecule has 2 N–H and O–H groups in total. The molecular formula is C25H27F3N4O2. The van der Waals surface area contributed by atoms with Crippen LogP contribution in [0.15, 0.2) is 48.5 Å². The number of rotatable bonds is 5. The first-order chi connectivity index (χ1) is 16.0. The van der Waals surface area contributed by atoms with Crippen molar-refractivity contribution in [2.24, 2.45) is 0 Å². The molecular weight excluding hydrogens is 445 g/mol. The summed E-state index contributed by atoms with van der Waals surface area (Å²) in [6.45, 7) is 5.90. The number of carbonyl (C=O) groups is 1. The summed E-state index contributed by atoms with van der Waals surface area (Å²) in [6.07, 6.45) is -2.23. The first kappa shape index (κ1) is 23.8. The zero-order chi connectivity index (χ0) is 24.6. The van der Waals surface area contributed by atoms with Crippen molar-refractivity contribution in [2.75, 3.05) is 11.9 Å². The molecule has 1 aliphatic carbocycles. The van der Waals surface area contributed by atoms with E-state index in [4.69, 9.17) is 4.74 Å². The SMILES string of the molecule is CC(C)(C)OC(=O)NC1(CNc2nnc(-c3ccc(C(F)(F)F)cc3)c3ccccc23)CCC1. The highest BCUT2D eigenvalue weighted by molar-refractivity contribution is 6.00. The van der Waals surface area contributed by atoms with Gasteiger partial charge < -0.3 is 15.4 Å². The number of amides is 1. The third kappa shape index (κ3) is 5.24. The number of alkyl halides is 3. The van der Waals surface area contributed by atoms with E-state index in [1.165, 1.54) is 12.1 Å². The van der Waals surface area contributed by atoms with Gasteiger partial charge in [0, 0.05) is 22.9 Å². The van der Waals surface area contributed by atoms with Gasteiger partial charge in [0.15, 0.2) is 5.82 Å². The zero-order valence-corrected chi connectivity index (χ0v) is 19.3. The van der Waals surface area contributed by atoms with Crippen molar-refractivity contribution >= 4 is 22.7 Å². The Morgan fingerprint density at radius 1 is 1.00 bits per heavy atom. The number of alkyl carbamates (subject to hydrolysis) is 1. The lowest BCUT2D eigenvalue weighted by Crippen LogP contribution is -2.58. The van der Waals surface area contributed by atoms with E-state index < -0.39 is 29.0 Å². The second-order valence-corrected chi connectivity index (χ2v) is 9.63. The van der Waals surface area contributed by atoms with Crippen molar-refractivity contribution in [3.8, 4) is 11.3 Å². The molecule has 0 aliphatic heterocycles. The predicted molar refractivity (Wildman–Crippen MR) is 124 cm³/mol. The Labute approximate surface area is 195 Å². The quantitative estimate of drug-likeness (QED) is 0.464. The highest BCUT2D eigenvalue weighted by Gasteiger charge is 2.39. The topological polar surface area (TPSA) is 76.1 Å². The molecule has 1 fully saturated rings. The van der Waals surface area contributed by atoms with E-state index in [9.17, 15) is 18.0 Å². The maximum Gasteiger partial charge on any atom is 0.416 e. The van der Waals surface area contributed by atoms with Gasteiger partial charge in [-0.05, 0) is 52.2 Å². The predicted octanol–water partition coefficient (Wildman–Crippen LogP) is 6.17. The number of benzene rings is 2. The molecule has 1 amide bonds. The number of hydrogen-bond acceptors (Lipinski definition) is 5. The molecule has 0 saturated heterocycles. The molecule has 6 nitrogen and oxygen atoms in total. The number of ether oxygens (including phenoxy) is 1. The van der Waals surface area contributed by atoms with Crippen LogP contribution in [0.3, 0.4) is 0 Å². The largest absolute Gasteiger partial charge is 0.444 e. The third-order valence-corrected chi connectivity index (χ3v) is 5.84. The highest BCUT2D eigenvalue weighted by atomic mass is 19.4. The van der Waals surface area contributed by atoms with E-state index in [-0.39, 0.29) is 0 Å². The Balaban J connectivity index is 1.56. The number of nitrogens with one attached hydrogen (secondary N) is 2. The van der Waals surface area contributed by atoms with Gasteiger partial charge in [0.2, 0.25) is 0 Å². The maximum atomic E-state index is 12.9. The highest BCUT2D eigenvalue weighted by Crippen LogP contribution is 2.35. The van der Waals surface area contributed by atoms with E-state index in [2.05, 4.69) is 20.8 Å². The summed E-state index contributed by atoms with van der Waals surface area (Å²) >= 11 is 0.